The lowest BCUT2D eigenvalue weighted by Gasteiger charge is -2.01. The van der Waals surface area contributed by atoms with E-state index in [1.54, 1.807) is 12.1 Å². The Kier molecular flexibility index (Phi) is 4.53. The third-order valence-corrected chi connectivity index (χ3v) is 4.81. The fourth-order valence-corrected chi connectivity index (χ4v) is 3.49. The van der Waals surface area contributed by atoms with Gasteiger partial charge in [0.15, 0.2) is 5.78 Å². The Morgan fingerprint density at radius 1 is 1.28 bits per heavy atom. The van der Waals surface area contributed by atoms with Crippen molar-refractivity contribution in [2.24, 2.45) is 0 Å². The summed E-state index contributed by atoms with van der Waals surface area (Å²) in [6, 6.07) is 6.85. The van der Waals surface area contributed by atoms with Crippen LogP contribution in [0.25, 0.3) is 0 Å². The summed E-state index contributed by atoms with van der Waals surface area (Å²) < 4.78 is 26.9. The number of thiophene rings is 1. The molecule has 2 rings (SSSR count). The Morgan fingerprint density at radius 3 is 2.67 bits per heavy atom. The van der Waals surface area contributed by atoms with Gasteiger partial charge < -0.3 is 0 Å². The Bertz CT molecular complexity index is 583. The van der Waals surface area contributed by atoms with E-state index in [4.69, 9.17) is 0 Å². The van der Waals surface area contributed by atoms with Gasteiger partial charge in [-0.1, -0.05) is 0 Å². The number of rotatable bonds is 4. The first-order valence-corrected chi connectivity index (χ1v) is 7.52. The number of benzene rings is 1. The van der Waals surface area contributed by atoms with E-state index in [2.05, 4.69) is 15.9 Å². The molecule has 94 valence electrons. The molecule has 0 aliphatic rings. The van der Waals surface area contributed by atoms with Crippen LogP contribution in [0.5, 0.6) is 0 Å². The van der Waals surface area contributed by atoms with Crippen molar-refractivity contribution in [1.82, 2.24) is 0 Å². The second kappa shape index (κ2) is 5.95. The first-order valence-electron chi connectivity index (χ1n) is 4.92. The molecule has 6 heteroatoms. The number of halogens is 3. The van der Waals surface area contributed by atoms with Crippen molar-refractivity contribution in [2.45, 2.75) is 4.90 Å². The summed E-state index contributed by atoms with van der Waals surface area (Å²) in [4.78, 5) is 12.7. The van der Waals surface area contributed by atoms with Gasteiger partial charge in [-0.2, -0.15) is 0 Å². The van der Waals surface area contributed by atoms with Crippen molar-refractivity contribution in [3.05, 3.63) is 50.6 Å². The highest BCUT2D eigenvalue weighted by Crippen LogP contribution is 2.26. The van der Waals surface area contributed by atoms with E-state index in [0.29, 0.717) is 4.88 Å². The van der Waals surface area contributed by atoms with Crippen LogP contribution >= 0.6 is 39.0 Å². The molecule has 0 atom stereocenters. The lowest BCUT2D eigenvalue weighted by molar-refractivity contribution is 0.102. The van der Waals surface area contributed by atoms with Crippen LogP contribution in [0.1, 0.15) is 9.67 Å². The maximum absolute atomic E-state index is 13.3. The standard InChI is InChI=1S/C12H7BrF2OS2/c13-12-4-3-11(18-12)9(16)6-17-10-2-1-7(14)5-8(10)15/h1-5H,6H2. The Morgan fingerprint density at radius 2 is 2.06 bits per heavy atom. The highest BCUT2D eigenvalue weighted by atomic mass is 79.9. The molecule has 0 spiro atoms. The zero-order valence-corrected chi connectivity index (χ0v) is 12.2. The molecule has 0 saturated carbocycles. The molecule has 2 aromatic rings. The molecule has 0 saturated heterocycles. The SMILES string of the molecule is O=C(CSc1ccc(F)cc1F)c1ccc(Br)s1. The number of Topliss-reactive ketones (excluding diaryl/α,β-unsaturated/α-hetero) is 1. The normalized spacial score (nSPS) is 10.6. The number of hydrogen-bond donors (Lipinski definition) is 0. The summed E-state index contributed by atoms with van der Waals surface area (Å²) in [5.74, 6) is -1.19. The first-order chi connectivity index (χ1) is 8.56. The van der Waals surface area contributed by atoms with Gasteiger partial charge in [0.1, 0.15) is 11.6 Å². The maximum atomic E-state index is 13.3. The number of ketones is 1. The number of carbonyl (C=O) groups is 1. The molecule has 0 fully saturated rings. The average molecular weight is 349 g/mol. The molecular weight excluding hydrogens is 342 g/mol. The third-order valence-electron chi connectivity index (χ3n) is 2.10. The van der Waals surface area contributed by atoms with Gasteiger partial charge in [-0.05, 0) is 40.2 Å². The van der Waals surface area contributed by atoms with E-state index in [-0.39, 0.29) is 16.4 Å². The number of hydrogen-bond acceptors (Lipinski definition) is 3. The smallest absolute Gasteiger partial charge is 0.183 e. The molecule has 1 nitrogen and oxygen atoms in total. The van der Waals surface area contributed by atoms with Crippen LogP contribution < -0.4 is 0 Å². The predicted octanol–water partition coefficient (Wildman–Crippen LogP) is 4.76. The summed E-state index contributed by atoms with van der Waals surface area (Å²) >= 11 is 5.68. The summed E-state index contributed by atoms with van der Waals surface area (Å²) in [5, 5.41) is 0. The summed E-state index contributed by atoms with van der Waals surface area (Å²) in [5.41, 5.74) is 0. The molecule has 0 aliphatic heterocycles. The van der Waals surface area contributed by atoms with E-state index >= 15 is 0 Å². The molecule has 1 aromatic heterocycles. The van der Waals surface area contributed by atoms with Gasteiger partial charge in [0.25, 0.3) is 0 Å². The van der Waals surface area contributed by atoms with Gasteiger partial charge in [0, 0.05) is 11.0 Å². The maximum Gasteiger partial charge on any atom is 0.183 e. The third kappa shape index (κ3) is 3.40. The van der Waals surface area contributed by atoms with Crippen molar-refractivity contribution in [1.29, 1.82) is 0 Å². The van der Waals surface area contributed by atoms with Crippen LogP contribution in [0, 0.1) is 11.6 Å². The van der Waals surface area contributed by atoms with Gasteiger partial charge in [-0.3, -0.25) is 4.79 Å². The minimum Gasteiger partial charge on any atom is -0.292 e. The van der Waals surface area contributed by atoms with Crippen LogP contribution in [0.15, 0.2) is 39.0 Å². The van der Waals surface area contributed by atoms with Crippen molar-refractivity contribution >= 4 is 44.8 Å². The van der Waals surface area contributed by atoms with E-state index in [0.717, 1.165) is 21.6 Å². The molecule has 18 heavy (non-hydrogen) atoms. The van der Waals surface area contributed by atoms with Gasteiger partial charge >= 0.3 is 0 Å². The van der Waals surface area contributed by atoms with Crippen LogP contribution in [-0.4, -0.2) is 11.5 Å². The highest BCUT2D eigenvalue weighted by molar-refractivity contribution is 9.11. The van der Waals surface area contributed by atoms with Crippen molar-refractivity contribution in [3.8, 4) is 0 Å². The van der Waals surface area contributed by atoms with Gasteiger partial charge in [0.05, 0.1) is 14.4 Å². The predicted molar refractivity (Wildman–Crippen MR) is 73.4 cm³/mol. The van der Waals surface area contributed by atoms with Crippen LogP contribution in [0.4, 0.5) is 8.78 Å². The summed E-state index contributed by atoms with van der Waals surface area (Å²) in [6.45, 7) is 0. The quantitative estimate of drug-likeness (QED) is 0.585. The monoisotopic (exact) mass is 348 g/mol. The number of carbonyl (C=O) groups excluding carboxylic acids is 1. The second-order valence-electron chi connectivity index (χ2n) is 3.39. The van der Waals surface area contributed by atoms with Crippen molar-refractivity contribution < 1.29 is 13.6 Å². The Labute approximate surface area is 119 Å². The Hall–Kier alpha value is -0.720. The summed E-state index contributed by atoms with van der Waals surface area (Å²) in [6.07, 6.45) is 0. The minimum atomic E-state index is -0.639. The molecule has 0 unspecified atom stereocenters. The molecule has 1 heterocycles. The Balaban J connectivity index is 2.01. The molecule has 0 amide bonds. The van der Waals surface area contributed by atoms with Crippen LogP contribution in [-0.2, 0) is 0 Å². The molecule has 0 radical (unpaired) electrons. The minimum absolute atomic E-state index is 0.0700. The zero-order chi connectivity index (χ0) is 13.1. The van der Waals surface area contributed by atoms with Crippen LogP contribution in [0.3, 0.4) is 0 Å². The van der Waals surface area contributed by atoms with E-state index in [1.165, 1.54) is 23.5 Å². The van der Waals surface area contributed by atoms with Crippen molar-refractivity contribution in [3.63, 3.8) is 0 Å². The van der Waals surface area contributed by atoms with E-state index < -0.39 is 11.6 Å². The average Bonchev–Trinajstić information content (AvgIpc) is 2.74. The van der Waals surface area contributed by atoms with E-state index in [1.807, 2.05) is 0 Å². The lowest BCUT2D eigenvalue weighted by atomic mass is 10.3. The molecular formula is C12H7BrF2OS2. The molecule has 0 N–H and O–H groups in total. The summed E-state index contributed by atoms with van der Waals surface area (Å²) in [7, 11) is 0. The van der Waals surface area contributed by atoms with E-state index in [9.17, 15) is 13.6 Å². The van der Waals surface area contributed by atoms with Crippen LogP contribution in [0.2, 0.25) is 0 Å². The first kappa shape index (κ1) is 13.7. The van der Waals surface area contributed by atoms with Gasteiger partial charge in [0.2, 0.25) is 0 Å². The molecule has 1 aromatic carbocycles. The second-order valence-corrected chi connectivity index (χ2v) is 6.87. The highest BCUT2D eigenvalue weighted by Gasteiger charge is 2.11. The lowest BCUT2D eigenvalue weighted by Crippen LogP contribution is -1.99. The molecule has 0 aliphatic carbocycles. The van der Waals surface area contributed by atoms with Gasteiger partial charge in [-0.15, -0.1) is 23.1 Å². The van der Waals surface area contributed by atoms with Gasteiger partial charge in [-0.25, -0.2) is 8.78 Å². The molecule has 0 bridgehead atoms. The number of thioether (sulfide) groups is 1. The van der Waals surface area contributed by atoms with Crippen molar-refractivity contribution in [2.75, 3.05) is 5.75 Å². The topological polar surface area (TPSA) is 17.1 Å². The zero-order valence-electron chi connectivity index (χ0n) is 8.95. The fraction of sp³-hybridized carbons (Fsp3) is 0.0833. The fourth-order valence-electron chi connectivity index (χ4n) is 1.27. The largest absolute Gasteiger partial charge is 0.292 e.